The average molecular weight is 200 g/mol. The lowest BCUT2D eigenvalue weighted by Gasteiger charge is -2.32. The molecule has 84 valence electrons. The first-order valence-electron chi connectivity index (χ1n) is 5.60. The average Bonchev–Trinajstić information content (AvgIpc) is 2.64. The van der Waals surface area contributed by atoms with Gasteiger partial charge in [-0.25, -0.2) is 0 Å². The van der Waals surface area contributed by atoms with Gasteiger partial charge in [0.05, 0.1) is 6.61 Å². The lowest BCUT2D eigenvalue weighted by atomic mass is 9.86. The number of rotatable bonds is 6. The van der Waals surface area contributed by atoms with E-state index in [1.807, 2.05) is 0 Å². The topological polar surface area (TPSA) is 38.5 Å². The minimum Gasteiger partial charge on any atom is -0.383 e. The SMILES string of the molecule is COCCN(C)CC1(CN)CCCC1. The molecular formula is C11H24N2O. The maximum Gasteiger partial charge on any atom is 0.0589 e. The molecule has 0 unspecified atom stereocenters. The van der Waals surface area contributed by atoms with E-state index in [0.717, 1.165) is 26.2 Å². The van der Waals surface area contributed by atoms with Gasteiger partial charge in [0.15, 0.2) is 0 Å². The predicted octanol–water partition coefficient (Wildman–Crippen LogP) is 1.08. The van der Waals surface area contributed by atoms with Gasteiger partial charge in [0.2, 0.25) is 0 Å². The van der Waals surface area contributed by atoms with Crippen molar-refractivity contribution in [3.05, 3.63) is 0 Å². The summed E-state index contributed by atoms with van der Waals surface area (Å²) in [6.07, 6.45) is 5.33. The van der Waals surface area contributed by atoms with Gasteiger partial charge in [-0.05, 0) is 31.8 Å². The summed E-state index contributed by atoms with van der Waals surface area (Å²) in [6.45, 7) is 3.80. The van der Waals surface area contributed by atoms with E-state index in [0.29, 0.717) is 5.41 Å². The van der Waals surface area contributed by atoms with Crippen LogP contribution in [0.25, 0.3) is 0 Å². The third-order valence-electron chi connectivity index (χ3n) is 3.38. The number of hydrogen-bond donors (Lipinski definition) is 1. The van der Waals surface area contributed by atoms with Crippen LogP contribution in [0.2, 0.25) is 0 Å². The lowest BCUT2D eigenvalue weighted by Crippen LogP contribution is -2.40. The molecule has 0 aromatic carbocycles. The van der Waals surface area contributed by atoms with Crippen molar-refractivity contribution >= 4 is 0 Å². The van der Waals surface area contributed by atoms with E-state index < -0.39 is 0 Å². The van der Waals surface area contributed by atoms with Crippen molar-refractivity contribution < 1.29 is 4.74 Å². The van der Waals surface area contributed by atoms with Crippen molar-refractivity contribution in [2.45, 2.75) is 25.7 Å². The molecule has 2 N–H and O–H groups in total. The van der Waals surface area contributed by atoms with Crippen molar-refractivity contribution in [2.24, 2.45) is 11.1 Å². The first-order chi connectivity index (χ1) is 6.72. The Morgan fingerprint density at radius 2 is 2.00 bits per heavy atom. The molecule has 0 aromatic rings. The molecule has 0 saturated heterocycles. The highest BCUT2D eigenvalue weighted by Gasteiger charge is 2.33. The van der Waals surface area contributed by atoms with Gasteiger partial charge in [0.25, 0.3) is 0 Å². The molecule has 0 aromatic heterocycles. The van der Waals surface area contributed by atoms with E-state index in [2.05, 4.69) is 11.9 Å². The predicted molar refractivity (Wildman–Crippen MR) is 59.3 cm³/mol. The van der Waals surface area contributed by atoms with Crippen molar-refractivity contribution in [3.63, 3.8) is 0 Å². The highest BCUT2D eigenvalue weighted by Crippen LogP contribution is 2.37. The number of ether oxygens (including phenoxy) is 1. The van der Waals surface area contributed by atoms with Gasteiger partial charge in [-0.3, -0.25) is 0 Å². The van der Waals surface area contributed by atoms with Gasteiger partial charge in [-0.15, -0.1) is 0 Å². The zero-order valence-corrected chi connectivity index (χ0v) is 9.59. The molecule has 0 spiro atoms. The number of methoxy groups -OCH3 is 1. The normalized spacial score (nSPS) is 20.6. The van der Waals surface area contributed by atoms with Crippen molar-refractivity contribution in [2.75, 3.05) is 40.4 Å². The molecule has 0 amide bonds. The van der Waals surface area contributed by atoms with E-state index >= 15 is 0 Å². The van der Waals surface area contributed by atoms with Crippen LogP contribution in [0.15, 0.2) is 0 Å². The fourth-order valence-electron chi connectivity index (χ4n) is 2.45. The molecule has 3 heteroatoms. The molecule has 0 aliphatic heterocycles. The van der Waals surface area contributed by atoms with Crippen LogP contribution in [0.1, 0.15) is 25.7 Å². The molecular weight excluding hydrogens is 176 g/mol. The van der Waals surface area contributed by atoms with E-state index in [-0.39, 0.29) is 0 Å². The van der Waals surface area contributed by atoms with Gasteiger partial charge in [0, 0.05) is 20.2 Å². The standard InChI is InChI=1S/C11H24N2O/c1-13(7-8-14-2)10-11(9-12)5-3-4-6-11/h3-10,12H2,1-2H3. The van der Waals surface area contributed by atoms with Gasteiger partial charge < -0.3 is 15.4 Å². The Balaban J connectivity index is 2.32. The Labute approximate surface area is 87.6 Å². The van der Waals surface area contributed by atoms with Crippen LogP contribution in [0.4, 0.5) is 0 Å². The summed E-state index contributed by atoms with van der Waals surface area (Å²) in [7, 11) is 3.91. The van der Waals surface area contributed by atoms with E-state index in [1.165, 1.54) is 25.7 Å². The largest absolute Gasteiger partial charge is 0.383 e. The minimum atomic E-state index is 0.405. The quantitative estimate of drug-likeness (QED) is 0.697. The second kappa shape index (κ2) is 5.69. The number of nitrogens with two attached hydrogens (primary N) is 1. The summed E-state index contributed by atoms with van der Waals surface area (Å²) in [5, 5.41) is 0. The zero-order valence-electron chi connectivity index (χ0n) is 9.59. The first kappa shape index (κ1) is 12.0. The molecule has 1 fully saturated rings. The van der Waals surface area contributed by atoms with Gasteiger partial charge >= 0.3 is 0 Å². The van der Waals surface area contributed by atoms with Crippen LogP contribution in [0, 0.1) is 5.41 Å². The maximum absolute atomic E-state index is 5.89. The van der Waals surface area contributed by atoms with Gasteiger partial charge in [-0.1, -0.05) is 12.8 Å². The summed E-state index contributed by atoms with van der Waals surface area (Å²) >= 11 is 0. The van der Waals surface area contributed by atoms with E-state index in [9.17, 15) is 0 Å². The molecule has 0 radical (unpaired) electrons. The third kappa shape index (κ3) is 3.23. The van der Waals surface area contributed by atoms with Crippen molar-refractivity contribution in [3.8, 4) is 0 Å². The molecule has 1 aliphatic carbocycles. The summed E-state index contributed by atoms with van der Waals surface area (Å²) in [6, 6.07) is 0. The van der Waals surface area contributed by atoms with Gasteiger partial charge in [-0.2, -0.15) is 0 Å². The third-order valence-corrected chi connectivity index (χ3v) is 3.38. The minimum absolute atomic E-state index is 0.405. The summed E-state index contributed by atoms with van der Waals surface area (Å²) < 4.78 is 5.07. The van der Waals surface area contributed by atoms with Crippen LogP contribution in [-0.2, 0) is 4.74 Å². The summed E-state index contributed by atoms with van der Waals surface area (Å²) in [5.41, 5.74) is 6.29. The lowest BCUT2D eigenvalue weighted by molar-refractivity contribution is 0.127. The smallest absolute Gasteiger partial charge is 0.0589 e. The molecule has 0 bridgehead atoms. The Morgan fingerprint density at radius 3 is 2.50 bits per heavy atom. The van der Waals surface area contributed by atoms with Crippen LogP contribution >= 0.6 is 0 Å². The van der Waals surface area contributed by atoms with Crippen molar-refractivity contribution in [1.29, 1.82) is 0 Å². The first-order valence-corrected chi connectivity index (χ1v) is 5.60. The maximum atomic E-state index is 5.89. The summed E-state index contributed by atoms with van der Waals surface area (Å²) in [4.78, 5) is 2.35. The second-order valence-corrected chi connectivity index (χ2v) is 4.64. The Morgan fingerprint density at radius 1 is 1.36 bits per heavy atom. The molecule has 1 aliphatic rings. The van der Waals surface area contributed by atoms with Crippen LogP contribution < -0.4 is 5.73 Å². The van der Waals surface area contributed by atoms with Crippen LogP contribution in [0.5, 0.6) is 0 Å². The molecule has 14 heavy (non-hydrogen) atoms. The zero-order chi connectivity index (χ0) is 10.4. The number of likely N-dealkylation sites (N-methyl/N-ethyl adjacent to an activating group) is 1. The Hall–Kier alpha value is -0.120. The van der Waals surface area contributed by atoms with Crippen LogP contribution in [0.3, 0.4) is 0 Å². The number of hydrogen-bond acceptors (Lipinski definition) is 3. The molecule has 0 atom stereocenters. The van der Waals surface area contributed by atoms with E-state index in [1.54, 1.807) is 7.11 Å². The molecule has 3 nitrogen and oxygen atoms in total. The Bertz CT molecular complexity index is 155. The summed E-state index contributed by atoms with van der Waals surface area (Å²) in [5.74, 6) is 0. The molecule has 1 rings (SSSR count). The monoisotopic (exact) mass is 200 g/mol. The molecule has 1 saturated carbocycles. The Kier molecular flexibility index (Phi) is 4.85. The van der Waals surface area contributed by atoms with E-state index in [4.69, 9.17) is 10.5 Å². The highest BCUT2D eigenvalue weighted by atomic mass is 16.5. The molecule has 0 heterocycles. The highest BCUT2D eigenvalue weighted by molar-refractivity contribution is 4.87. The fraction of sp³-hybridized carbons (Fsp3) is 1.00. The van der Waals surface area contributed by atoms with Crippen LogP contribution in [-0.4, -0.2) is 45.3 Å². The second-order valence-electron chi connectivity index (χ2n) is 4.64. The van der Waals surface area contributed by atoms with Crippen molar-refractivity contribution in [1.82, 2.24) is 4.90 Å². The van der Waals surface area contributed by atoms with Gasteiger partial charge in [0.1, 0.15) is 0 Å². The fourth-order valence-corrected chi connectivity index (χ4v) is 2.45. The number of nitrogens with zero attached hydrogens (tertiary/aromatic N) is 1.